The Morgan fingerprint density at radius 2 is 1.87 bits per heavy atom. The van der Waals surface area contributed by atoms with Crippen molar-refractivity contribution in [3.63, 3.8) is 0 Å². The van der Waals surface area contributed by atoms with E-state index in [1.165, 1.54) is 5.69 Å². The molecule has 0 amide bonds. The molecule has 2 aromatic carbocycles. The molecular formula is C18H17ClN2O2. The highest BCUT2D eigenvalue weighted by Crippen LogP contribution is 2.36. The molecular weight excluding hydrogens is 312 g/mol. The second-order valence-corrected chi connectivity index (χ2v) is 6.04. The lowest BCUT2D eigenvalue weighted by Crippen LogP contribution is -2.36. The Bertz CT molecular complexity index is 876. The minimum Gasteiger partial charge on any atom is -0.497 e. The van der Waals surface area contributed by atoms with Crippen LogP contribution in [0.4, 0.5) is 5.69 Å². The number of morpholine rings is 1. The Balaban J connectivity index is 2.05. The molecule has 0 bridgehead atoms. The fraction of sp³-hybridized carbons (Fsp3) is 0.278. The Morgan fingerprint density at radius 3 is 2.65 bits per heavy atom. The average molecular weight is 329 g/mol. The number of ether oxygens (including phenoxy) is 2. The highest BCUT2D eigenvalue weighted by molar-refractivity contribution is 6.31. The maximum absolute atomic E-state index is 6.16. The first-order valence-electron chi connectivity index (χ1n) is 7.66. The molecule has 0 saturated carbocycles. The van der Waals surface area contributed by atoms with E-state index >= 15 is 0 Å². The minimum atomic E-state index is 0.700. The Morgan fingerprint density at radius 1 is 1.04 bits per heavy atom. The maximum atomic E-state index is 6.16. The number of halogens is 1. The number of hydrogen-bond donors (Lipinski definition) is 0. The number of rotatable bonds is 2. The number of anilines is 1. The van der Waals surface area contributed by atoms with E-state index in [1.54, 1.807) is 7.11 Å². The quantitative estimate of drug-likeness (QED) is 0.668. The monoisotopic (exact) mass is 328 g/mol. The third kappa shape index (κ3) is 2.58. The van der Waals surface area contributed by atoms with E-state index in [-0.39, 0.29) is 0 Å². The number of hydrogen-bond acceptors (Lipinski definition) is 4. The molecule has 1 aliphatic rings. The third-order valence-electron chi connectivity index (χ3n) is 4.24. The number of aromatic nitrogens is 1. The van der Waals surface area contributed by atoms with Gasteiger partial charge in [-0.3, -0.25) is 0 Å². The van der Waals surface area contributed by atoms with Crippen LogP contribution in [0.3, 0.4) is 0 Å². The fourth-order valence-corrected chi connectivity index (χ4v) is 3.30. The Labute approximate surface area is 139 Å². The van der Waals surface area contributed by atoms with Crippen molar-refractivity contribution in [1.29, 1.82) is 0 Å². The van der Waals surface area contributed by atoms with Gasteiger partial charge in [-0.25, -0.2) is 4.98 Å². The molecule has 4 rings (SSSR count). The van der Waals surface area contributed by atoms with Crippen molar-refractivity contribution in [2.45, 2.75) is 0 Å². The topological polar surface area (TPSA) is 34.6 Å². The maximum Gasteiger partial charge on any atom is 0.119 e. The largest absolute Gasteiger partial charge is 0.497 e. The lowest BCUT2D eigenvalue weighted by atomic mass is 10.1. The van der Waals surface area contributed by atoms with E-state index in [0.717, 1.165) is 53.9 Å². The molecule has 5 heteroatoms. The van der Waals surface area contributed by atoms with Crippen LogP contribution in [0.5, 0.6) is 5.75 Å². The van der Waals surface area contributed by atoms with Crippen molar-refractivity contribution in [2.24, 2.45) is 0 Å². The lowest BCUT2D eigenvalue weighted by molar-refractivity contribution is 0.123. The van der Waals surface area contributed by atoms with Gasteiger partial charge in [0.25, 0.3) is 0 Å². The molecule has 4 nitrogen and oxygen atoms in total. The van der Waals surface area contributed by atoms with Crippen LogP contribution >= 0.6 is 11.6 Å². The molecule has 0 radical (unpaired) electrons. The molecule has 0 N–H and O–H groups in total. The molecule has 2 heterocycles. The fourth-order valence-electron chi connectivity index (χ4n) is 3.13. The van der Waals surface area contributed by atoms with Gasteiger partial charge in [0, 0.05) is 28.9 Å². The van der Waals surface area contributed by atoms with Crippen LogP contribution in [0.25, 0.3) is 21.8 Å². The van der Waals surface area contributed by atoms with Gasteiger partial charge in [0.1, 0.15) is 5.75 Å². The summed E-state index contributed by atoms with van der Waals surface area (Å²) in [5.74, 6) is 0.835. The molecule has 1 fully saturated rings. The Kier molecular flexibility index (Phi) is 3.71. The zero-order valence-corrected chi connectivity index (χ0v) is 13.6. The van der Waals surface area contributed by atoms with Gasteiger partial charge >= 0.3 is 0 Å². The normalized spacial score (nSPS) is 15.3. The zero-order valence-electron chi connectivity index (χ0n) is 12.9. The van der Waals surface area contributed by atoms with E-state index in [9.17, 15) is 0 Å². The van der Waals surface area contributed by atoms with Crippen LogP contribution in [-0.2, 0) is 4.74 Å². The van der Waals surface area contributed by atoms with E-state index in [0.29, 0.717) is 5.02 Å². The molecule has 1 saturated heterocycles. The van der Waals surface area contributed by atoms with Crippen LogP contribution in [0, 0.1) is 0 Å². The number of pyridine rings is 1. The predicted octanol–water partition coefficient (Wildman–Crippen LogP) is 3.89. The summed E-state index contributed by atoms with van der Waals surface area (Å²) >= 11 is 6.16. The highest BCUT2D eigenvalue weighted by atomic mass is 35.5. The van der Waals surface area contributed by atoms with Gasteiger partial charge in [-0.05, 0) is 36.4 Å². The summed E-state index contributed by atoms with van der Waals surface area (Å²) in [6.45, 7) is 3.22. The molecule has 0 atom stereocenters. The summed E-state index contributed by atoms with van der Waals surface area (Å²) in [7, 11) is 1.68. The van der Waals surface area contributed by atoms with Gasteiger partial charge in [0.05, 0.1) is 37.0 Å². The van der Waals surface area contributed by atoms with Crippen molar-refractivity contribution >= 4 is 39.1 Å². The smallest absolute Gasteiger partial charge is 0.119 e. The van der Waals surface area contributed by atoms with Crippen LogP contribution < -0.4 is 9.64 Å². The molecule has 0 spiro atoms. The van der Waals surface area contributed by atoms with Crippen molar-refractivity contribution < 1.29 is 9.47 Å². The van der Waals surface area contributed by atoms with E-state index < -0.39 is 0 Å². The lowest BCUT2D eigenvalue weighted by Gasteiger charge is -2.31. The van der Waals surface area contributed by atoms with Gasteiger partial charge in [-0.15, -0.1) is 0 Å². The SMILES string of the molecule is COc1ccc2nc3cc(Cl)ccc3c(N3CCOCC3)c2c1. The molecule has 23 heavy (non-hydrogen) atoms. The molecule has 0 unspecified atom stereocenters. The summed E-state index contributed by atoms with van der Waals surface area (Å²) < 4.78 is 10.9. The van der Waals surface area contributed by atoms with E-state index in [1.807, 2.05) is 30.3 Å². The molecule has 3 aromatic rings. The molecule has 118 valence electrons. The van der Waals surface area contributed by atoms with Gasteiger partial charge in [-0.2, -0.15) is 0 Å². The summed E-state index contributed by atoms with van der Waals surface area (Å²) in [6.07, 6.45) is 0. The van der Waals surface area contributed by atoms with Crippen LogP contribution in [0.2, 0.25) is 5.02 Å². The van der Waals surface area contributed by atoms with Crippen molar-refractivity contribution in [3.8, 4) is 5.75 Å². The molecule has 1 aliphatic heterocycles. The standard InChI is InChI=1S/C18H17ClN2O2/c1-22-13-3-5-16-15(11-13)18(21-6-8-23-9-7-21)14-4-2-12(19)10-17(14)20-16/h2-5,10-11H,6-9H2,1H3. The van der Waals surface area contributed by atoms with Crippen LogP contribution in [-0.4, -0.2) is 38.4 Å². The van der Waals surface area contributed by atoms with E-state index in [2.05, 4.69) is 11.0 Å². The molecule has 0 aliphatic carbocycles. The third-order valence-corrected chi connectivity index (χ3v) is 4.48. The van der Waals surface area contributed by atoms with Gasteiger partial charge in [-0.1, -0.05) is 11.6 Å². The number of nitrogens with zero attached hydrogens (tertiary/aromatic N) is 2. The summed E-state index contributed by atoms with van der Waals surface area (Å²) in [5, 5.41) is 2.91. The van der Waals surface area contributed by atoms with Crippen molar-refractivity contribution in [3.05, 3.63) is 41.4 Å². The Hall–Kier alpha value is -2.04. The highest BCUT2D eigenvalue weighted by Gasteiger charge is 2.18. The summed E-state index contributed by atoms with van der Waals surface area (Å²) in [4.78, 5) is 7.14. The predicted molar refractivity (Wildman–Crippen MR) is 93.8 cm³/mol. The van der Waals surface area contributed by atoms with Gasteiger partial charge in [0.15, 0.2) is 0 Å². The second kappa shape index (κ2) is 5.87. The van der Waals surface area contributed by atoms with Crippen LogP contribution in [0.1, 0.15) is 0 Å². The zero-order chi connectivity index (χ0) is 15.8. The van der Waals surface area contributed by atoms with E-state index in [4.69, 9.17) is 26.1 Å². The first-order valence-corrected chi connectivity index (χ1v) is 8.04. The molecule has 1 aromatic heterocycles. The van der Waals surface area contributed by atoms with Crippen molar-refractivity contribution in [2.75, 3.05) is 38.3 Å². The van der Waals surface area contributed by atoms with Gasteiger partial charge in [0.2, 0.25) is 0 Å². The first kappa shape index (κ1) is 14.5. The van der Waals surface area contributed by atoms with Crippen LogP contribution in [0.15, 0.2) is 36.4 Å². The number of benzene rings is 2. The summed E-state index contributed by atoms with van der Waals surface area (Å²) in [5.41, 5.74) is 3.04. The summed E-state index contributed by atoms with van der Waals surface area (Å²) in [6, 6.07) is 11.9. The number of fused-ring (bicyclic) bond motifs is 2. The number of methoxy groups -OCH3 is 1. The van der Waals surface area contributed by atoms with Gasteiger partial charge < -0.3 is 14.4 Å². The minimum absolute atomic E-state index is 0.700. The average Bonchev–Trinajstić information content (AvgIpc) is 2.60. The second-order valence-electron chi connectivity index (χ2n) is 5.60. The van der Waals surface area contributed by atoms with Crippen molar-refractivity contribution in [1.82, 2.24) is 4.98 Å². The first-order chi connectivity index (χ1) is 11.3.